The lowest BCUT2D eigenvalue weighted by molar-refractivity contribution is 0.0973. The Balaban J connectivity index is 2.07. The summed E-state index contributed by atoms with van der Waals surface area (Å²) in [4.78, 5) is 13.3. The number of hydrogen-bond acceptors (Lipinski definition) is 1. The van der Waals surface area contributed by atoms with E-state index in [1.165, 1.54) is 5.57 Å². The first-order valence-electron chi connectivity index (χ1n) is 8.62. The highest BCUT2D eigenvalue weighted by Gasteiger charge is 2.28. The zero-order chi connectivity index (χ0) is 17.1. The second kappa shape index (κ2) is 7.00. The molecule has 1 nitrogen and oxygen atoms in total. The molecule has 0 saturated heterocycles. The van der Waals surface area contributed by atoms with Crippen LogP contribution in [0.3, 0.4) is 0 Å². The molecule has 0 aliphatic heterocycles. The maximum Gasteiger partial charge on any atom is 0.174 e. The molecule has 0 amide bonds. The summed E-state index contributed by atoms with van der Waals surface area (Å²) in [6.07, 6.45) is 4.49. The van der Waals surface area contributed by atoms with E-state index in [0.717, 1.165) is 16.7 Å². The Morgan fingerprint density at radius 3 is 2.08 bits per heavy atom. The van der Waals surface area contributed by atoms with Crippen molar-refractivity contribution in [2.24, 2.45) is 11.8 Å². The van der Waals surface area contributed by atoms with Gasteiger partial charge >= 0.3 is 0 Å². The van der Waals surface area contributed by atoms with Gasteiger partial charge in [-0.3, -0.25) is 4.79 Å². The maximum atomic E-state index is 13.3. The summed E-state index contributed by atoms with van der Waals surface area (Å²) in [5, 5.41) is 0. The van der Waals surface area contributed by atoms with Gasteiger partial charge in [-0.25, -0.2) is 0 Å². The lowest BCUT2D eigenvalue weighted by Gasteiger charge is -2.28. The Morgan fingerprint density at radius 1 is 0.917 bits per heavy atom. The molecule has 0 N–H and O–H groups in total. The average Bonchev–Trinajstić information content (AvgIpc) is 2.61. The molecular weight excluding hydrogens is 292 g/mol. The van der Waals surface area contributed by atoms with Gasteiger partial charge in [-0.15, -0.1) is 0 Å². The van der Waals surface area contributed by atoms with Crippen LogP contribution in [-0.2, 0) is 0 Å². The van der Waals surface area contributed by atoms with Crippen molar-refractivity contribution in [1.29, 1.82) is 0 Å². The summed E-state index contributed by atoms with van der Waals surface area (Å²) >= 11 is 0. The van der Waals surface area contributed by atoms with Crippen molar-refractivity contribution >= 4 is 5.78 Å². The highest BCUT2D eigenvalue weighted by Crippen LogP contribution is 2.37. The summed E-state index contributed by atoms with van der Waals surface area (Å²) in [6.45, 7) is 6.65. The largest absolute Gasteiger partial charge is 0.293 e. The first-order valence-corrected chi connectivity index (χ1v) is 8.62. The Kier molecular flexibility index (Phi) is 4.80. The Morgan fingerprint density at radius 2 is 1.50 bits per heavy atom. The monoisotopic (exact) mass is 316 g/mol. The minimum Gasteiger partial charge on any atom is -0.293 e. The number of carbonyl (C=O) groups excluding carboxylic acids is 1. The Bertz CT molecular complexity index is 768. The summed E-state index contributed by atoms with van der Waals surface area (Å²) < 4.78 is 0. The predicted octanol–water partition coefficient (Wildman–Crippen LogP) is 5.81. The van der Waals surface area contributed by atoms with Crippen LogP contribution in [0.2, 0.25) is 0 Å². The first kappa shape index (κ1) is 16.4. The van der Waals surface area contributed by atoms with Crippen LogP contribution in [0.5, 0.6) is 0 Å². The number of allylic oxidation sites excluding steroid dienone is 4. The minimum atomic E-state index is -0.238. The molecule has 24 heavy (non-hydrogen) atoms. The molecule has 3 atom stereocenters. The number of Topliss-reactive ketones (excluding diaryl/α,β-unsaturated/α-hetero) is 1. The first-order chi connectivity index (χ1) is 11.6. The van der Waals surface area contributed by atoms with Crippen LogP contribution in [0.1, 0.15) is 42.6 Å². The highest BCUT2D eigenvalue weighted by atomic mass is 16.1. The van der Waals surface area contributed by atoms with E-state index in [0.29, 0.717) is 11.8 Å². The van der Waals surface area contributed by atoms with E-state index in [-0.39, 0.29) is 11.7 Å². The zero-order valence-electron chi connectivity index (χ0n) is 14.6. The number of hydrogen-bond donors (Lipinski definition) is 0. The van der Waals surface area contributed by atoms with E-state index in [4.69, 9.17) is 0 Å². The van der Waals surface area contributed by atoms with Gasteiger partial charge in [0.15, 0.2) is 5.78 Å². The fraction of sp³-hybridized carbons (Fsp3) is 0.261. The summed E-state index contributed by atoms with van der Waals surface area (Å²) in [7, 11) is 0. The minimum absolute atomic E-state index is 0.166. The van der Waals surface area contributed by atoms with Gasteiger partial charge in [0.25, 0.3) is 0 Å². The highest BCUT2D eigenvalue weighted by molar-refractivity contribution is 6.03. The van der Waals surface area contributed by atoms with Crippen LogP contribution < -0.4 is 0 Å². The van der Waals surface area contributed by atoms with Crippen molar-refractivity contribution in [2.75, 3.05) is 0 Å². The van der Waals surface area contributed by atoms with Crippen LogP contribution in [0.25, 0.3) is 0 Å². The van der Waals surface area contributed by atoms with E-state index in [9.17, 15) is 4.79 Å². The third kappa shape index (κ3) is 3.26. The lowest BCUT2D eigenvalue weighted by Crippen LogP contribution is -2.20. The van der Waals surface area contributed by atoms with E-state index >= 15 is 0 Å². The van der Waals surface area contributed by atoms with Gasteiger partial charge in [-0.05, 0) is 29.9 Å². The molecule has 0 saturated carbocycles. The molecule has 0 spiro atoms. The molecular formula is C23H24O. The Labute approximate surface area is 144 Å². The smallest absolute Gasteiger partial charge is 0.174 e. The van der Waals surface area contributed by atoms with E-state index < -0.39 is 0 Å². The maximum absolute atomic E-state index is 13.3. The zero-order valence-corrected chi connectivity index (χ0v) is 14.6. The Hall–Kier alpha value is -2.41. The van der Waals surface area contributed by atoms with Crippen molar-refractivity contribution in [3.05, 3.63) is 95.1 Å². The van der Waals surface area contributed by atoms with Gasteiger partial charge in [0.05, 0.1) is 5.92 Å². The molecule has 122 valence electrons. The second-order valence-corrected chi connectivity index (χ2v) is 6.78. The summed E-state index contributed by atoms with van der Waals surface area (Å²) in [5.41, 5.74) is 4.30. The van der Waals surface area contributed by atoms with E-state index in [1.54, 1.807) is 0 Å². The third-order valence-corrected chi connectivity index (χ3v) is 5.14. The van der Waals surface area contributed by atoms with Crippen LogP contribution in [0.4, 0.5) is 0 Å². The van der Waals surface area contributed by atoms with Crippen LogP contribution in [0.15, 0.2) is 84.0 Å². The molecule has 2 aromatic carbocycles. The molecule has 1 aliphatic carbocycles. The fourth-order valence-corrected chi connectivity index (χ4v) is 3.39. The molecule has 0 heterocycles. The molecule has 0 radical (unpaired) electrons. The van der Waals surface area contributed by atoms with E-state index in [1.807, 2.05) is 48.5 Å². The van der Waals surface area contributed by atoms with Gasteiger partial charge in [0.1, 0.15) is 0 Å². The number of ketones is 1. The third-order valence-electron chi connectivity index (χ3n) is 5.14. The molecule has 0 bridgehead atoms. The van der Waals surface area contributed by atoms with Crippen molar-refractivity contribution in [3.8, 4) is 0 Å². The molecule has 3 unspecified atom stereocenters. The normalized spacial score (nSPS) is 21.6. The standard InChI is InChI=1S/C23H24O/c1-16-14-21(15-17(2)18(16)3)22(19-10-6-4-7-11-19)23(24)20-12-8-5-9-13-20/h4-16,18,22H,1-3H3. The van der Waals surface area contributed by atoms with Gasteiger partial charge in [-0.2, -0.15) is 0 Å². The van der Waals surface area contributed by atoms with Gasteiger partial charge in [0, 0.05) is 5.56 Å². The van der Waals surface area contributed by atoms with Gasteiger partial charge < -0.3 is 0 Å². The quantitative estimate of drug-likeness (QED) is 0.650. The SMILES string of the molecule is CC1=CC(C(C(=O)c2ccccc2)c2ccccc2)=CC(C)C1C. The fourth-order valence-electron chi connectivity index (χ4n) is 3.39. The van der Waals surface area contributed by atoms with Crippen LogP contribution >= 0.6 is 0 Å². The average molecular weight is 316 g/mol. The number of benzene rings is 2. The van der Waals surface area contributed by atoms with E-state index in [2.05, 4.69) is 45.1 Å². The van der Waals surface area contributed by atoms with Gasteiger partial charge in [-0.1, -0.05) is 92.2 Å². The molecule has 2 aromatic rings. The second-order valence-electron chi connectivity index (χ2n) is 6.78. The van der Waals surface area contributed by atoms with Crippen molar-refractivity contribution < 1.29 is 4.79 Å². The number of carbonyl (C=O) groups is 1. The van der Waals surface area contributed by atoms with Crippen molar-refractivity contribution in [2.45, 2.75) is 26.7 Å². The molecule has 1 heteroatoms. The van der Waals surface area contributed by atoms with Crippen LogP contribution in [0, 0.1) is 11.8 Å². The number of rotatable bonds is 4. The molecule has 1 aliphatic rings. The van der Waals surface area contributed by atoms with Crippen molar-refractivity contribution in [3.63, 3.8) is 0 Å². The topological polar surface area (TPSA) is 17.1 Å². The summed E-state index contributed by atoms with van der Waals surface area (Å²) in [6, 6.07) is 19.7. The van der Waals surface area contributed by atoms with Crippen LogP contribution in [-0.4, -0.2) is 5.78 Å². The van der Waals surface area contributed by atoms with Gasteiger partial charge in [0.2, 0.25) is 0 Å². The predicted molar refractivity (Wildman–Crippen MR) is 100 cm³/mol. The molecule has 0 aromatic heterocycles. The molecule has 3 rings (SSSR count). The molecule has 0 fully saturated rings. The van der Waals surface area contributed by atoms with Crippen molar-refractivity contribution in [1.82, 2.24) is 0 Å². The summed E-state index contributed by atoms with van der Waals surface area (Å²) in [5.74, 6) is 0.897. The lowest BCUT2D eigenvalue weighted by atomic mass is 9.76.